The second kappa shape index (κ2) is 11.4. The fourth-order valence-electron chi connectivity index (χ4n) is 3.93. The van der Waals surface area contributed by atoms with Gasteiger partial charge in [-0.2, -0.15) is 0 Å². The van der Waals surface area contributed by atoms with Crippen molar-refractivity contribution in [1.29, 1.82) is 0 Å². The molecule has 1 fully saturated rings. The highest BCUT2D eigenvalue weighted by Crippen LogP contribution is 2.32. The van der Waals surface area contributed by atoms with Crippen LogP contribution in [-0.2, 0) is 17.8 Å². The molecule has 1 saturated carbocycles. The summed E-state index contributed by atoms with van der Waals surface area (Å²) in [5.74, 6) is 2.78. The predicted octanol–water partition coefficient (Wildman–Crippen LogP) is 4.94. The van der Waals surface area contributed by atoms with E-state index >= 15 is 0 Å². The summed E-state index contributed by atoms with van der Waals surface area (Å²) in [6.07, 6.45) is 4.33. The first-order valence-electron chi connectivity index (χ1n) is 11.7. The molecule has 1 aromatic heterocycles. The van der Waals surface area contributed by atoms with Crippen molar-refractivity contribution in [3.8, 4) is 17.1 Å². The van der Waals surface area contributed by atoms with Crippen LogP contribution in [0.4, 0.5) is 0 Å². The minimum absolute atomic E-state index is 0.185. The maximum Gasteiger partial charge on any atom is 0.233 e. The van der Waals surface area contributed by atoms with Crippen molar-refractivity contribution < 1.29 is 9.53 Å². The Hall–Kier alpha value is -2.80. The number of para-hydroxylation sites is 1. The van der Waals surface area contributed by atoms with Gasteiger partial charge < -0.3 is 14.2 Å². The summed E-state index contributed by atoms with van der Waals surface area (Å²) in [7, 11) is 1.67. The van der Waals surface area contributed by atoms with Gasteiger partial charge in [0.15, 0.2) is 11.0 Å². The van der Waals surface area contributed by atoms with Crippen molar-refractivity contribution in [2.24, 2.45) is 5.92 Å². The zero-order chi connectivity index (χ0) is 23.0. The number of aryl methyl sites for hydroxylation is 1. The van der Waals surface area contributed by atoms with E-state index in [9.17, 15) is 4.79 Å². The first kappa shape index (κ1) is 23.4. The molecule has 0 aliphatic heterocycles. The van der Waals surface area contributed by atoms with Gasteiger partial charge in [0.1, 0.15) is 5.75 Å². The Morgan fingerprint density at radius 3 is 2.61 bits per heavy atom. The quantitative estimate of drug-likeness (QED) is 0.356. The van der Waals surface area contributed by atoms with Crippen molar-refractivity contribution in [3.05, 3.63) is 60.2 Å². The lowest BCUT2D eigenvalue weighted by atomic mass is 10.1. The zero-order valence-electron chi connectivity index (χ0n) is 19.4. The number of thioether (sulfide) groups is 1. The van der Waals surface area contributed by atoms with E-state index in [1.54, 1.807) is 7.11 Å². The Morgan fingerprint density at radius 1 is 1.12 bits per heavy atom. The van der Waals surface area contributed by atoms with Crippen molar-refractivity contribution in [2.45, 2.75) is 44.3 Å². The molecular formula is C26H32N4O2S. The van der Waals surface area contributed by atoms with Crippen LogP contribution in [0, 0.1) is 5.92 Å². The van der Waals surface area contributed by atoms with E-state index < -0.39 is 0 Å². The van der Waals surface area contributed by atoms with E-state index in [4.69, 9.17) is 4.74 Å². The van der Waals surface area contributed by atoms with Gasteiger partial charge in [0, 0.05) is 19.6 Å². The summed E-state index contributed by atoms with van der Waals surface area (Å²) in [6.45, 7) is 4.56. The molecule has 0 unspecified atom stereocenters. The van der Waals surface area contributed by atoms with Gasteiger partial charge in [0.25, 0.3) is 0 Å². The summed E-state index contributed by atoms with van der Waals surface area (Å²) in [4.78, 5) is 15.0. The number of carbonyl (C=O) groups excluding carboxylic acids is 1. The third-order valence-corrected chi connectivity index (χ3v) is 6.83. The molecule has 3 aromatic rings. The number of methoxy groups -OCH3 is 1. The van der Waals surface area contributed by atoms with Crippen LogP contribution in [0.25, 0.3) is 11.4 Å². The van der Waals surface area contributed by atoms with Crippen LogP contribution in [-0.4, -0.2) is 51.5 Å². The van der Waals surface area contributed by atoms with E-state index in [1.165, 1.54) is 30.2 Å². The van der Waals surface area contributed by atoms with Crippen molar-refractivity contribution >= 4 is 17.7 Å². The number of hydrogen-bond donors (Lipinski definition) is 0. The molecule has 33 heavy (non-hydrogen) atoms. The molecule has 0 N–H and O–H groups in total. The number of aromatic nitrogens is 3. The maximum absolute atomic E-state index is 13.0. The van der Waals surface area contributed by atoms with Gasteiger partial charge >= 0.3 is 0 Å². The van der Waals surface area contributed by atoms with E-state index in [2.05, 4.69) is 46.0 Å². The molecule has 4 rings (SSSR count). The van der Waals surface area contributed by atoms with Crippen LogP contribution in [0.3, 0.4) is 0 Å². The van der Waals surface area contributed by atoms with Crippen molar-refractivity contribution in [3.63, 3.8) is 0 Å². The van der Waals surface area contributed by atoms with Gasteiger partial charge in [-0.1, -0.05) is 61.2 Å². The molecule has 1 amide bonds. The normalized spacial score (nSPS) is 13.2. The van der Waals surface area contributed by atoms with Gasteiger partial charge in [-0.05, 0) is 49.3 Å². The molecule has 0 atom stereocenters. The number of ether oxygens (including phenoxy) is 1. The van der Waals surface area contributed by atoms with Gasteiger partial charge in [-0.25, -0.2) is 0 Å². The summed E-state index contributed by atoms with van der Waals surface area (Å²) in [6, 6.07) is 18.3. The average molecular weight is 465 g/mol. The minimum Gasteiger partial charge on any atom is -0.496 e. The van der Waals surface area contributed by atoms with Gasteiger partial charge in [-0.3, -0.25) is 4.79 Å². The molecule has 6 nitrogen and oxygen atoms in total. The number of amides is 1. The van der Waals surface area contributed by atoms with Crippen LogP contribution in [0.1, 0.15) is 31.7 Å². The summed E-state index contributed by atoms with van der Waals surface area (Å²) < 4.78 is 7.70. The fraction of sp³-hybridized carbons (Fsp3) is 0.423. The molecule has 2 aromatic carbocycles. The van der Waals surface area contributed by atoms with Gasteiger partial charge in [0.05, 0.1) is 18.4 Å². The van der Waals surface area contributed by atoms with Gasteiger partial charge in [0.2, 0.25) is 5.91 Å². The highest BCUT2D eigenvalue weighted by molar-refractivity contribution is 7.99. The van der Waals surface area contributed by atoms with E-state index in [-0.39, 0.29) is 5.91 Å². The first-order chi connectivity index (χ1) is 16.2. The summed E-state index contributed by atoms with van der Waals surface area (Å²) >= 11 is 1.48. The molecule has 7 heteroatoms. The molecule has 0 saturated heterocycles. The lowest BCUT2D eigenvalue weighted by Gasteiger charge is -2.21. The fourth-order valence-corrected chi connectivity index (χ4v) is 4.80. The van der Waals surface area contributed by atoms with Crippen molar-refractivity contribution in [2.75, 3.05) is 26.0 Å². The molecule has 1 heterocycles. The Balaban J connectivity index is 1.54. The molecule has 0 radical (unpaired) electrons. The molecular weight excluding hydrogens is 432 g/mol. The standard InChI is InChI=1S/C26H32N4O2S/c1-3-16-29(18-21-13-14-21)24(31)19-33-26-28-27-25(22-11-7-8-12-23(22)32-2)30(26)17-15-20-9-5-4-6-10-20/h4-12,21H,3,13-19H2,1-2H3. The molecule has 174 valence electrons. The lowest BCUT2D eigenvalue weighted by molar-refractivity contribution is -0.128. The van der Waals surface area contributed by atoms with Crippen LogP contribution in [0.2, 0.25) is 0 Å². The Bertz CT molecular complexity index is 1050. The lowest BCUT2D eigenvalue weighted by Crippen LogP contribution is -2.35. The van der Waals surface area contributed by atoms with E-state index in [1.807, 2.05) is 35.2 Å². The van der Waals surface area contributed by atoms with E-state index in [0.29, 0.717) is 11.7 Å². The Labute approximate surface area is 200 Å². The number of hydrogen-bond acceptors (Lipinski definition) is 5. The number of carbonyl (C=O) groups is 1. The number of rotatable bonds is 12. The molecule has 0 bridgehead atoms. The third-order valence-electron chi connectivity index (χ3n) is 5.88. The minimum atomic E-state index is 0.185. The van der Waals surface area contributed by atoms with Crippen LogP contribution in [0.15, 0.2) is 59.8 Å². The number of benzene rings is 2. The smallest absolute Gasteiger partial charge is 0.233 e. The zero-order valence-corrected chi connectivity index (χ0v) is 20.3. The Morgan fingerprint density at radius 2 is 1.88 bits per heavy atom. The van der Waals surface area contributed by atoms with Crippen LogP contribution >= 0.6 is 11.8 Å². The monoisotopic (exact) mass is 464 g/mol. The summed E-state index contributed by atoms with van der Waals surface area (Å²) in [5, 5.41) is 9.76. The molecule has 1 aliphatic carbocycles. The first-order valence-corrected chi connectivity index (χ1v) is 12.7. The average Bonchev–Trinajstić information content (AvgIpc) is 3.59. The SMILES string of the molecule is CCCN(CC1CC1)C(=O)CSc1nnc(-c2ccccc2OC)n1CCc1ccccc1. The topological polar surface area (TPSA) is 60.3 Å². The van der Waals surface area contributed by atoms with Crippen molar-refractivity contribution in [1.82, 2.24) is 19.7 Å². The molecule has 0 spiro atoms. The predicted molar refractivity (Wildman–Crippen MR) is 132 cm³/mol. The maximum atomic E-state index is 13.0. The third kappa shape index (κ3) is 6.16. The highest BCUT2D eigenvalue weighted by atomic mass is 32.2. The van der Waals surface area contributed by atoms with Gasteiger partial charge in [-0.15, -0.1) is 10.2 Å². The second-order valence-corrected chi connectivity index (χ2v) is 9.41. The largest absolute Gasteiger partial charge is 0.496 e. The number of nitrogens with zero attached hydrogens (tertiary/aromatic N) is 4. The molecule has 1 aliphatic rings. The van der Waals surface area contributed by atoms with Crippen LogP contribution in [0.5, 0.6) is 5.75 Å². The Kier molecular flexibility index (Phi) is 8.05. The van der Waals surface area contributed by atoms with Crippen LogP contribution < -0.4 is 4.74 Å². The van der Waals surface area contributed by atoms with E-state index in [0.717, 1.165) is 54.8 Å². The highest BCUT2D eigenvalue weighted by Gasteiger charge is 2.27. The summed E-state index contributed by atoms with van der Waals surface area (Å²) in [5.41, 5.74) is 2.16. The second-order valence-electron chi connectivity index (χ2n) is 8.47.